The van der Waals surface area contributed by atoms with E-state index < -0.39 is 0 Å². The molecule has 1 aromatic heterocycles. The van der Waals surface area contributed by atoms with E-state index in [-0.39, 0.29) is 5.84 Å². The number of hydrogen-bond donors (Lipinski definition) is 2. The fraction of sp³-hybridized carbons (Fsp3) is 0.167. The monoisotopic (exact) mass is 343 g/mol. The molecule has 0 aliphatic rings. The van der Waals surface area contributed by atoms with Crippen LogP contribution in [-0.2, 0) is 6.54 Å². The van der Waals surface area contributed by atoms with E-state index in [9.17, 15) is 0 Å². The van der Waals surface area contributed by atoms with Crippen LogP contribution in [0.1, 0.15) is 16.9 Å². The second kappa shape index (κ2) is 6.18. The lowest BCUT2D eigenvalue weighted by molar-refractivity contribution is 0.231. The maximum atomic E-state index is 9.08. The van der Waals surface area contributed by atoms with Gasteiger partial charge in [0.05, 0.1) is 6.54 Å². The quantitative estimate of drug-likeness (QED) is 0.509. The summed E-state index contributed by atoms with van der Waals surface area (Å²) in [5.41, 5.74) is 3.93. The molecule has 100 valence electrons. The van der Waals surface area contributed by atoms with Crippen molar-refractivity contribution in [3.8, 4) is 0 Å². The van der Waals surface area contributed by atoms with E-state index in [0.29, 0.717) is 21.9 Å². The maximum absolute atomic E-state index is 9.08. The smallest absolute Gasteiger partial charge is 0.204 e. The van der Waals surface area contributed by atoms with Crippen molar-refractivity contribution in [2.24, 2.45) is 4.99 Å². The summed E-state index contributed by atoms with van der Waals surface area (Å²) < 4.78 is 5.52. The Bertz CT molecular complexity index is 613. The fourth-order valence-electron chi connectivity index (χ4n) is 1.52. The van der Waals surface area contributed by atoms with Crippen LogP contribution in [-0.4, -0.2) is 16.2 Å². The normalized spacial score (nSPS) is 11.7. The van der Waals surface area contributed by atoms with E-state index in [1.807, 2.05) is 30.6 Å². The molecule has 0 fully saturated rings. The Morgan fingerprint density at radius 2 is 2.37 bits per heavy atom. The van der Waals surface area contributed by atoms with Crippen LogP contribution in [0.5, 0.6) is 0 Å². The molecule has 1 heterocycles. The van der Waals surface area contributed by atoms with Gasteiger partial charge in [0, 0.05) is 11.1 Å². The van der Waals surface area contributed by atoms with E-state index in [0.717, 1.165) is 11.1 Å². The van der Waals surface area contributed by atoms with E-state index >= 15 is 0 Å². The van der Waals surface area contributed by atoms with Gasteiger partial charge in [-0.15, -0.1) is 0 Å². The van der Waals surface area contributed by atoms with Crippen LogP contribution < -0.4 is 5.48 Å². The summed E-state index contributed by atoms with van der Waals surface area (Å²) in [4.78, 5) is 4.24. The predicted molar refractivity (Wildman–Crippen MR) is 75.6 cm³/mol. The van der Waals surface area contributed by atoms with Crippen LogP contribution in [0, 0.1) is 6.92 Å². The second-order valence-corrected chi connectivity index (χ2v) is 5.03. The van der Waals surface area contributed by atoms with Crippen LogP contribution in [0.3, 0.4) is 0 Å². The Morgan fingerprint density at radius 3 is 3.00 bits per heavy atom. The number of aliphatic imine (C=N–C) groups is 1. The lowest BCUT2D eigenvalue weighted by Crippen LogP contribution is -2.20. The van der Waals surface area contributed by atoms with Crippen molar-refractivity contribution in [2.75, 3.05) is 0 Å². The Hall–Kier alpha value is -1.37. The minimum absolute atomic E-state index is 0.206. The minimum Gasteiger partial charge on any atom is -0.352 e. The molecule has 19 heavy (non-hydrogen) atoms. The first-order valence-corrected chi connectivity index (χ1v) is 6.60. The molecule has 0 amide bonds. The van der Waals surface area contributed by atoms with Crippen LogP contribution in [0.4, 0.5) is 0 Å². The molecule has 1 aromatic carbocycles. The molecule has 7 heteroatoms. The Morgan fingerprint density at radius 1 is 1.58 bits per heavy atom. The zero-order valence-corrected chi connectivity index (χ0v) is 12.4. The van der Waals surface area contributed by atoms with E-state index in [2.05, 4.69) is 26.1 Å². The molecule has 2 N–H and O–H groups in total. The van der Waals surface area contributed by atoms with Crippen LogP contribution in [0.15, 0.2) is 38.4 Å². The third-order valence-corrected chi connectivity index (χ3v) is 3.39. The highest BCUT2D eigenvalue weighted by Crippen LogP contribution is 2.19. The summed E-state index contributed by atoms with van der Waals surface area (Å²) in [5, 5.41) is 13.4. The lowest BCUT2D eigenvalue weighted by atomic mass is 10.1. The third kappa shape index (κ3) is 3.34. The van der Waals surface area contributed by atoms with Gasteiger partial charge in [0.25, 0.3) is 0 Å². The average molecular weight is 345 g/mol. The van der Waals surface area contributed by atoms with Gasteiger partial charge in [0.15, 0.2) is 5.84 Å². The van der Waals surface area contributed by atoms with Gasteiger partial charge in [0.1, 0.15) is 4.60 Å². The second-order valence-electron chi connectivity index (χ2n) is 3.81. The average Bonchev–Trinajstić information content (AvgIpc) is 2.82. The van der Waals surface area contributed by atoms with Crippen molar-refractivity contribution in [3.63, 3.8) is 0 Å². The van der Waals surface area contributed by atoms with Crippen molar-refractivity contribution in [1.82, 2.24) is 10.6 Å². The largest absolute Gasteiger partial charge is 0.352 e. The van der Waals surface area contributed by atoms with E-state index in [1.165, 1.54) is 0 Å². The van der Waals surface area contributed by atoms with Crippen LogP contribution >= 0.6 is 27.5 Å². The summed E-state index contributed by atoms with van der Waals surface area (Å²) in [6.45, 7) is 2.29. The van der Waals surface area contributed by atoms with E-state index in [1.54, 1.807) is 6.07 Å². The molecular formula is C12H11BrClN3O2. The number of amidine groups is 1. The number of nitrogens with one attached hydrogen (secondary N) is 1. The zero-order valence-electron chi connectivity index (χ0n) is 10.0. The fourth-order valence-corrected chi connectivity index (χ4v) is 2.00. The first-order valence-electron chi connectivity index (χ1n) is 5.43. The van der Waals surface area contributed by atoms with Gasteiger partial charge in [0.2, 0.25) is 5.76 Å². The van der Waals surface area contributed by atoms with Crippen molar-refractivity contribution in [2.45, 2.75) is 13.5 Å². The number of halogens is 2. The number of nitrogens with zero attached hydrogens (tertiary/aromatic N) is 2. The van der Waals surface area contributed by atoms with E-state index in [4.69, 9.17) is 21.3 Å². The minimum atomic E-state index is 0.206. The highest BCUT2D eigenvalue weighted by Gasteiger charge is 2.09. The molecule has 0 aliphatic heterocycles. The number of benzene rings is 1. The molecule has 0 saturated carbocycles. The Labute approximate surface area is 123 Å². The molecule has 0 aliphatic carbocycles. The Balaban J connectivity index is 2.22. The summed E-state index contributed by atoms with van der Waals surface area (Å²) in [7, 11) is 0. The van der Waals surface area contributed by atoms with Crippen LogP contribution in [0.2, 0.25) is 5.02 Å². The van der Waals surface area contributed by atoms with Gasteiger partial charge in [-0.05, 0) is 40.0 Å². The van der Waals surface area contributed by atoms with Crippen molar-refractivity contribution >= 4 is 33.4 Å². The van der Waals surface area contributed by atoms with Crippen molar-refractivity contribution < 1.29 is 9.73 Å². The molecule has 0 atom stereocenters. The molecule has 0 radical (unpaired) electrons. The predicted octanol–water partition coefficient (Wildman–Crippen LogP) is 3.32. The number of hydrogen-bond acceptors (Lipinski definition) is 4. The molecule has 0 unspecified atom stereocenters. The van der Waals surface area contributed by atoms with Gasteiger partial charge in [-0.25, -0.2) is 5.48 Å². The van der Waals surface area contributed by atoms with Gasteiger partial charge < -0.3 is 4.52 Å². The number of hydroxylamine groups is 1. The first-order chi connectivity index (χ1) is 9.11. The summed E-state index contributed by atoms with van der Waals surface area (Å²) in [5.74, 6) is 0.548. The SMILES string of the molecule is Cc1c(Cl)cccc1CN=C(NO)c1cc(Br)no1. The number of aromatic nitrogens is 1. The molecule has 0 saturated heterocycles. The number of rotatable bonds is 3. The molecule has 5 nitrogen and oxygen atoms in total. The van der Waals surface area contributed by atoms with Crippen molar-refractivity contribution in [1.29, 1.82) is 0 Å². The summed E-state index contributed by atoms with van der Waals surface area (Å²) in [6.07, 6.45) is 0. The molecular weight excluding hydrogens is 334 g/mol. The highest BCUT2D eigenvalue weighted by molar-refractivity contribution is 9.10. The zero-order chi connectivity index (χ0) is 13.8. The van der Waals surface area contributed by atoms with Crippen LogP contribution in [0.25, 0.3) is 0 Å². The molecule has 0 bridgehead atoms. The molecule has 2 rings (SSSR count). The molecule has 2 aromatic rings. The van der Waals surface area contributed by atoms with Gasteiger partial charge in [-0.1, -0.05) is 28.9 Å². The van der Waals surface area contributed by atoms with Crippen molar-refractivity contribution in [3.05, 3.63) is 50.8 Å². The summed E-state index contributed by atoms with van der Waals surface area (Å²) >= 11 is 9.20. The molecule has 0 spiro atoms. The first kappa shape index (κ1) is 14.0. The maximum Gasteiger partial charge on any atom is 0.204 e. The Kier molecular flexibility index (Phi) is 4.57. The summed E-state index contributed by atoms with van der Waals surface area (Å²) in [6, 6.07) is 7.21. The lowest BCUT2D eigenvalue weighted by Gasteiger charge is -2.05. The topological polar surface area (TPSA) is 70.7 Å². The third-order valence-electron chi connectivity index (χ3n) is 2.61. The highest BCUT2D eigenvalue weighted by atomic mass is 79.9. The van der Waals surface area contributed by atoms with Gasteiger partial charge in [-0.3, -0.25) is 10.2 Å². The van der Waals surface area contributed by atoms with Gasteiger partial charge >= 0.3 is 0 Å². The standard InChI is InChI=1S/C12H11BrClN3O2/c1-7-8(3-2-4-9(7)14)6-15-12(16-18)10-5-11(13)17-19-10/h2-5,18H,6H2,1H3,(H,15,16). The van der Waals surface area contributed by atoms with Gasteiger partial charge in [-0.2, -0.15) is 0 Å².